The van der Waals surface area contributed by atoms with Crippen molar-refractivity contribution in [2.75, 3.05) is 11.1 Å². The van der Waals surface area contributed by atoms with E-state index in [1.54, 1.807) is 0 Å². The number of nitrogens with one attached hydrogen (secondary N) is 1. The fourth-order valence-corrected chi connectivity index (χ4v) is 2.22. The maximum Gasteiger partial charge on any atom is 0.238 e. The molecule has 2 aromatic carbocycles. The largest absolute Gasteiger partial charge is 0.399 e. The van der Waals surface area contributed by atoms with Crippen LogP contribution in [0.3, 0.4) is 0 Å². The van der Waals surface area contributed by atoms with E-state index in [1.807, 2.05) is 0 Å². The van der Waals surface area contributed by atoms with Crippen molar-refractivity contribution >= 4 is 27.1 Å². The normalized spacial score (nSPS) is 11.4. The first-order valence-electron chi connectivity index (χ1n) is 5.52. The van der Waals surface area contributed by atoms with Crippen molar-refractivity contribution < 1.29 is 21.6 Å². The Hall–Kier alpha value is -2.26. The predicted molar refractivity (Wildman–Crippen MR) is 71.8 cm³/mol. The van der Waals surface area contributed by atoms with Gasteiger partial charge in [-0.2, -0.15) is 0 Å². The van der Waals surface area contributed by atoms with Crippen LogP contribution in [0.15, 0.2) is 35.2 Å². The number of rotatable bonds is 3. The standard InChI is InChI=1S/C12H10F3N3O2S/c13-9-4-11(15)12(5-10(9)14)18-7-1-6(16)2-8(3-7)21(17,19)20/h1-5,18H,16H2,(H2,17,19,20). The van der Waals surface area contributed by atoms with Gasteiger partial charge in [0, 0.05) is 23.5 Å². The summed E-state index contributed by atoms with van der Waals surface area (Å²) < 4.78 is 62.0. The maximum absolute atomic E-state index is 13.5. The molecule has 0 saturated heterocycles. The summed E-state index contributed by atoms with van der Waals surface area (Å²) in [6.07, 6.45) is 0. The lowest BCUT2D eigenvalue weighted by Crippen LogP contribution is -2.13. The zero-order valence-corrected chi connectivity index (χ0v) is 11.2. The first kappa shape index (κ1) is 15.1. The second kappa shape index (κ2) is 5.26. The van der Waals surface area contributed by atoms with Gasteiger partial charge in [0.05, 0.1) is 10.6 Å². The Morgan fingerprint density at radius 2 is 1.52 bits per heavy atom. The Morgan fingerprint density at radius 3 is 2.14 bits per heavy atom. The zero-order chi connectivity index (χ0) is 15.8. The van der Waals surface area contributed by atoms with E-state index in [1.165, 1.54) is 6.07 Å². The molecule has 2 aromatic rings. The maximum atomic E-state index is 13.5. The molecule has 0 saturated carbocycles. The molecule has 0 fully saturated rings. The van der Waals surface area contributed by atoms with Gasteiger partial charge in [0.1, 0.15) is 5.82 Å². The molecule has 0 aliphatic rings. The number of nitrogen functional groups attached to an aromatic ring is 1. The SMILES string of the molecule is Nc1cc(Nc2cc(F)c(F)cc2F)cc(S(N)(=O)=O)c1. The van der Waals surface area contributed by atoms with E-state index in [0.29, 0.717) is 12.1 Å². The molecule has 5 N–H and O–H groups in total. The molecular weight excluding hydrogens is 307 g/mol. The van der Waals surface area contributed by atoms with Gasteiger partial charge in [-0.3, -0.25) is 0 Å². The number of benzene rings is 2. The smallest absolute Gasteiger partial charge is 0.238 e. The van der Waals surface area contributed by atoms with Crippen LogP contribution in [-0.4, -0.2) is 8.42 Å². The number of anilines is 3. The summed E-state index contributed by atoms with van der Waals surface area (Å²) >= 11 is 0. The minimum Gasteiger partial charge on any atom is -0.399 e. The summed E-state index contributed by atoms with van der Waals surface area (Å²) in [4.78, 5) is -0.298. The van der Waals surface area contributed by atoms with Crippen molar-refractivity contribution in [1.82, 2.24) is 0 Å². The van der Waals surface area contributed by atoms with Crippen molar-refractivity contribution in [3.8, 4) is 0 Å². The van der Waals surface area contributed by atoms with E-state index in [9.17, 15) is 21.6 Å². The highest BCUT2D eigenvalue weighted by molar-refractivity contribution is 7.89. The Morgan fingerprint density at radius 1 is 0.905 bits per heavy atom. The van der Waals surface area contributed by atoms with E-state index < -0.39 is 27.5 Å². The van der Waals surface area contributed by atoms with Gasteiger partial charge >= 0.3 is 0 Å². The highest BCUT2D eigenvalue weighted by atomic mass is 32.2. The van der Waals surface area contributed by atoms with Crippen LogP contribution in [-0.2, 0) is 10.0 Å². The highest BCUT2D eigenvalue weighted by Crippen LogP contribution is 2.26. The fraction of sp³-hybridized carbons (Fsp3) is 0. The molecule has 21 heavy (non-hydrogen) atoms. The van der Waals surface area contributed by atoms with Gasteiger partial charge in [0.25, 0.3) is 0 Å². The second-order valence-corrected chi connectivity index (χ2v) is 5.77. The number of hydrogen-bond acceptors (Lipinski definition) is 4. The molecule has 0 aliphatic heterocycles. The zero-order valence-electron chi connectivity index (χ0n) is 10.4. The van der Waals surface area contributed by atoms with Crippen LogP contribution in [0.25, 0.3) is 0 Å². The number of halogens is 3. The molecule has 0 unspecified atom stereocenters. The highest BCUT2D eigenvalue weighted by Gasteiger charge is 2.13. The van der Waals surface area contributed by atoms with Crippen molar-refractivity contribution in [1.29, 1.82) is 0 Å². The quantitative estimate of drug-likeness (QED) is 0.596. The summed E-state index contributed by atoms with van der Waals surface area (Å²) in [7, 11) is -4.01. The van der Waals surface area contributed by atoms with Gasteiger partial charge in [-0.1, -0.05) is 0 Å². The lowest BCUT2D eigenvalue weighted by Gasteiger charge is -2.10. The lowest BCUT2D eigenvalue weighted by molar-refractivity contribution is 0.496. The number of primary sulfonamides is 1. The molecule has 0 radical (unpaired) electrons. The summed E-state index contributed by atoms with van der Waals surface area (Å²) in [6.45, 7) is 0. The lowest BCUT2D eigenvalue weighted by atomic mass is 10.2. The van der Waals surface area contributed by atoms with Crippen LogP contribution in [0.2, 0.25) is 0 Å². The molecule has 0 amide bonds. The van der Waals surface area contributed by atoms with Crippen LogP contribution < -0.4 is 16.2 Å². The monoisotopic (exact) mass is 317 g/mol. The summed E-state index contributed by atoms with van der Waals surface area (Å²) in [6, 6.07) is 4.46. The summed E-state index contributed by atoms with van der Waals surface area (Å²) in [5.74, 6) is -3.64. The average molecular weight is 317 g/mol. The third-order valence-electron chi connectivity index (χ3n) is 2.55. The molecule has 2 rings (SSSR count). The van der Waals surface area contributed by atoms with E-state index in [2.05, 4.69) is 5.32 Å². The van der Waals surface area contributed by atoms with Gasteiger partial charge in [-0.25, -0.2) is 26.7 Å². The predicted octanol–water partition coefficient (Wildman–Crippen LogP) is 2.08. The Labute approximate surface area is 118 Å². The Kier molecular flexibility index (Phi) is 3.79. The fourth-order valence-electron chi connectivity index (χ4n) is 1.63. The van der Waals surface area contributed by atoms with Gasteiger partial charge in [0.2, 0.25) is 10.0 Å². The molecule has 0 aliphatic carbocycles. The van der Waals surface area contributed by atoms with Crippen LogP contribution >= 0.6 is 0 Å². The van der Waals surface area contributed by atoms with Gasteiger partial charge in [-0.15, -0.1) is 0 Å². The molecule has 112 valence electrons. The second-order valence-electron chi connectivity index (χ2n) is 4.21. The molecule has 0 heterocycles. The van der Waals surface area contributed by atoms with Gasteiger partial charge in [0.15, 0.2) is 11.6 Å². The van der Waals surface area contributed by atoms with Crippen LogP contribution in [0.1, 0.15) is 0 Å². The summed E-state index contributed by atoms with van der Waals surface area (Å²) in [5, 5.41) is 7.38. The Bertz CT molecular complexity index is 810. The Balaban J connectivity index is 2.45. The first-order valence-corrected chi connectivity index (χ1v) is 7.06. The van der Waals surface area contributed by atoms with Gasteiger partial charge in [-0.05, 0) is 18.2 Å². The molecule has 9 heteroatoms. The molecule has 0 bridgehead atoms. The molecule has 5 nitrogen and oxygen atoms in total. The van der Waals surface area contributed by atoms with Crippen LogP contribution in [0.5, 0.6) is 0 Å². The average Bonchev–Trinajstić information content (AvgIpc) is 2.34. The van der Waals surface area contributed by atoms with Crippen molar-refractivity contribution in [2.45, 2.75) is 4.90 Å². The topological polar surface area (TPSA) is 98.2 Å². The van der Waals surface area contributed by atoms with E-state index in [-0.39, 0.29) is 22.0 Å². The molecule has 0 spiro atoms. The van der Waals surface area contributed by atoms with Crippen LogP contribution in [0.4, 0.5) is 30.2 Å². The minimum absolute atomic E-state index is 0.0482. The number of nitrogens with two attached hydrogens (primary N) is 2. The molecule has 0 aromatic heterocycles. The minimum atomic E-state index is -4.01. The van der Waals surface area contributed by atoms with Crippen molar-refractivity contribution in [3.05, 3.63) is 47.8 Å². The van der Waals surface area contributed by atoms with E-state index >= 15 is 0 Å². The summed E-state index contributed by atoms with van der Waals surface area (Å²) in [5.41, 5.74) is 5.25. The van der Waals surface area contributed by atoms with Crippen molar-refractivity contribution in [2.24, 2.45) is 5.14 Å². The van der Waals surface area contributed by atoms with Crippen LogP contribution in [0, 0.1) is 17.5 Å². The van der Waals surface area contributed by atoms with Crippen molar-refractivity contribution in [3.63, 3.8) is 0 Å². The molecular formula is C12H10F3N3O2S. The third kappa shape index (κ3) is 3.44. The number of hydrogen-bond donors (Lipinski definition) is 3. The molecule has 0 atom stereocenters. The first-order chi connectivity index (χ1) is 9.66. The third-order valence-corrected chi connectivity index (χ3v) is 3.44. The van der Waals surface area contributed by atoms with Gasteiger partial charge < -0.3 is 11.1 Å². The van der Waals surface area contributed by atoms with E-state index in [4.69, 9.17) is 10.9 Å². The van der Waals surface area contributed by atoms with E-state index in [0.717, 1.165) is 12.1 Å². The number of sulfonamides is 1.